The molecule has 0 fully saturated rings. The molecule has 4 nitrogen and oxygen atoms in total. The van der Waals surface area contributed by atoms with Gasteiger partial charge in [0.05, 0.1) is 6.16 Å². The van der Waals surface area contributed by atoms with Crippen molar-refractivity contribution in [2.75, 3.05) is 18.5 Å². The van der Waals surface area contributed by atoms with Crippen molar-refractivity contribution in [2.24, 2.45) is 0 Å². The van der Waals surface area contributed by atoms with E-state index < -0.39 is 19.2 Å². The van der Waals surface area contributed by atoms with Crippen molar-refractivity contribution in [2.45, 2.75) is 56.4 Å². The molecule has 178 valence electrons. The van der Waals surface area contributed by atoms with Gasteiger partial charge in [-0.1, -0.05) is 32.4 Å². The lowest BCUT2D eigenvalue weighted by Crippen LogP contribution is -2.17. The van der Waals surface area contributed by atoms with Gasteiger partial charge in [-0.2, -0.15) is 0 Å². The van der Waals surface area contributed by atoms with Gasteiger partial charge in [0.15, 0.2) is 0 Å². The van der Waals surface area contributed by atoms with E-state index in [0.717, 1.165) is 24.8 Å². The summed E-state index contributed by atoms with van der Waals surface area (Å²) in [6.07, 6.45) is 2.67. The zero-order valence-electron chi connectivity index (χ0n) is 18.4. The van der Waals surface area contributed by atoms with Gasteiger partial charge in [-0.3, -0.25) is 4.57 Å². The van der Waals surface area contributed by atoms with Crippen LogP contribution in [0.5, 0.6) is 0 Å². The van der Waals surface area contributed by atoms with E-state index in [9.17, 15) is 17.7 Å². The predicted octanol–water partition coefficient (Wildman–Crippen LogP) is 6.00. The average Bonchev–Trinajstić information content (AvgIpc) is 2.70. The molecule has 9 heteroatoms. The number of hydrogen-bond donors (Lipinski definition) is 3. The summed E-state index contributed by atoms with van der Waals surface area (Å²) >= 11 is 1.28. The molecule has 0 aromatic heterocycles. The molecule has 0 unspecified atom stereocenters. The number of unbranched alkanes of at least 4 members (excludes halogenated alkanes) is 1. The van der Waals surface area contributed by atoms with Crippen LogP contribution < -0.4 is 5.32 Å². The largest absolute Gasteiger partial charge is 0.325 e. The number of nitrogens with one attached hydrogen (secondary N) is 1. The zero-order valence-corrected chi connectivity index (χ0v) is 20.1. The molecule has 0 radical (unpaired) electrons. The van der Waals surface area contributed by atoms with Crippen molar-refractivity contribution in [3.8, 4) is 0 Å². The quantitative estimate of drug-likeness (QED) is 0.183. The fourth-order valence-electron chi connectivity index (χ4n) is 3.35. The van der Waals surface area contributed by atoms with E-state index in [1.54, 1.807) is 12.1 Å². The summed E-state index contributed by atoms with van der Waals surface area (Å²) in [5.41, 5.74) is 1.17. The number of thioether (sulfide) groups is 1. The molecule has 0 aliphatic carbocycles. The van der Waals surface area contributed by atoms with Gasteiger partial charge >= 0.3 is 7.60 Å². The maximum Gasteiger partial charge on any atom is 0.325 e. The molecule has 2 aromatic carbocycles. The minimum Gasteiger partial charge on any atom is -0.324 e. The van der Waals surface area contributed by atoms with E-state index in [4.69, 9.17) is 9.79 Å². The van der Waals surface area contributed by atoms with E-state index in [1.165, 1.54) is 36.0 Å². The predicted molar refractivity (Wildman–Crippen MR) is 124 cm³/mol. The Bertz CT molecular complexity index is 919. The van der Waals surface area contributed by atoms with Crippen molar-refractivity contribution < 1.29 is 27.5 Å². The Morgan fingerprint density at radius 2 is 1.69 bits per heavy atom. The molecule has 0 spiro atoms. The van der Waals surface area contributed by atoms with Crippen molar-refractivity contribution in [1.29, 1.82) is 0 Å². The Morgan fingerprint density at radius 1 is 1.00 bits per heavy atom. The molecular formula is C23H31F3NO3PS. The lowest BCUT2D eigenvalue weighted by Gasteiger charge is -2.25. The number of hydrogen-bond acceptors (Lipinski definition) is 3. The second kappa shape index (κ2) is 12.2. The molecule has 2 rings (SSSR count). The molecule has 2 aromatic rings. The van der Waals surface area contributed by atoms with Gasteiger partial charge in [0.2, 0.25) is 0 Å². The highest BCUT2D eigenvalue weighted by Gasteiger charge is 2.20. The standard InChI is InChI=1S/C23H31F3NO3PS/c1-23(2,18-6-8-19(24)9-7-18)10-3-4-13-32-22-15-20(25)17(14-21(22)26)16-27-11-5-12-31(28,29)30/h6-9,14-15,27H,3-5,10-13,16H2,1-2H3,(H2,28,29,30). The lowest BCUT2D eigenvalue weighted by molar-refractivity contribution is 0.371. The van der Waals surface area contributed by atoms with Crippen molar-refractivity contribution >= 4 is 19.4 Å². The first kappa shape index (κ1) is 26.9. The van der Waals surface area contributed by atoms with E-state index in [-0.39, 0.29) is 40.8 Å². The Labute approximate surface area is 192 Å². The summed E-state index contributed by atoms with van der Waals surface area (Å²) in [6.45, 7) is 4.62. The molecule has 0 heterocycles. The van der Waals surface area contributed by atoms with Crippen LogP contribution in [0.2, 0.25) is 0 Å². The van der Waals surface area contributed by atoms with Gasteiger partial charge in [-0.25, -0.2) is 13.2 Å². The van der Waals surface area contributed by atoms with E-state index in [1.807, 2.05) is 0 Å². The third-order valence-corrected chi connectivity index (χ3v) is 7.31. The van der Waals surface area contributed by atoms with Gasteiger partial charge in [0, 0.05) is 17.0 Å². The first-order valence-electron chi connectivity index (χ1n) is 10.6. The van der Waals surface area contributed by atoms with Crippen LogP contribution in [0.15, 0.2) is 41.3 Å². The maximum absolute atomic E-state index is 14.4. The van der Waals surface area contributed by atoms with Crippen LogP contribution in [0.25, 0.3) is 0 Å². The molecule has 0 saturated carbocycles. The third kappa shape index (κ3) is 9.28. The summed E-state index contributed by atoms with van der Waals surface area (Å²) in [5, 5.41) is 2.87. The number of rotatable bonds is 13. The Hall–Kier alpha value is -1.31. The summed E-state index contributed by atoms with van der Waals surface area (Å²) in [6, 6.07) is 8.91. The first-order valence-corrected chi connectivity index (χ1v) is 13.4. The fourth-order valence-corrected chi connectivity index (χ4v) is 4.87. The van der Waals surface area contributed by atoms with Crippen LogP contribution in [0, 0.1) is 17.5 Å². The molecule has 0 aliphatic heterocycles. The van der Waals surface area contributed by atoms with Crippen molar-refractivity contribution in [3.63, 3.8) is 0 Å². The van der Waals surface area contributed by atoms with Gasteiger partial charge in [0.1, 0.15) is 17.5 Å². The minimum atomic E-state index is -4.04. The van der Waals surface area contributed by atoms with Gasteiger partial charge in [-0.05, 0) is 66.8 Å². The summed E-state index contributed by atoms with van der Waals surface area (Å²) in [7, 11) is -4.04. The highest BCUT2D eigenvalue weighted by Crippen LogP contribution is 2.34. The Balaban J connectivity index is 1.75. The number of benzene rings is 2. The summed E-state index contributed by atoms with van der Waals surface area (Å²) in [5.74, 6) is -0.573. The molecule has 0 aliphatic rings. The fraction of sp³-hybridized carbons (Fsp3) is 0.478. The topological polar surface area (TPSA) is 69.6 Å². The van der Waals surface area contributed by atoms with Crippen LogP contribution in [0.4, 0.5) is 13.2 Å². The minimum absolute atomic E-state index is 0.0876. The average molecular weight is 490 g/mol. The van der Waals surface area contributed by atoms with Crippen LogP contribution in [0.1, 0.15) is 50.7 Å². The Morgan fingerprint density at radius 3 is 2.34 bits per heavy atom. The van der Waals surface area contributed by atoms with Crippen LogP contribution in [-0.2, 0) is 16.5 Å². The molecular weight excluding hydrogens is 458 g/mol. The van der Waals surface area contributed by atoms with Crippen molar-refractivity contribution in [1.82, 2.24) is 5.32 Å². The molecule has 3 N–H and O–H groups in total. The second-order valence-corrected chi connectivity index (χ2v) is 11.4. The monoisotopic (exact) mass is 489 g/mol. The van der Waals surface area contributed by atoms with E-state index >= 15 is 0 Å². The van der Waals surface area contributed by atoms with Crippen LogP contribution >= 0.6 is 19.4 Å². The summed E-state index contributed by atoms with van der Waals surface area (Å²) in [4.78, 5) is 17.9. The van der Waals surface area contributed by atoms with Gasteiger partial charge in [0.25, 0.3) is 0 Å². The molecule has 32 heavy (non-hydrogen) atoms. The zero-order chi connectivity index (χ0) is 23.8. The molecule has 0 amide bonds. The Kier molecular flexibility index (Phi) is 10.3. The smallest absolute Gasteiger partial charge is 0.324 e. The van der Waals surface area contributed by atoms with Gasteiger partial charge in [-0.15, -0.1) is 11.8 Å². The highest BCUT2D eigenvalue weighted by molar-refractivity contribution is 7.99. The number of halogens is 3. The van der Waals surface area contributed by atoms with E-state index in [0.29, 0.717) is 12.3 Å². The normalized spacial score (nSPS) is 12.3. The molecule has 0 saturated heterocycles. The van der Waals surface area contributed by atoms with Gasteiger partial charge < -0.3 is 15.1 Å². The maximum atomic E-state index is 14.4. The SMILES string of the molecule is CC(C)(CCCCSc1cc(F)c(CNCCCP(=O)(O)O)cc1F)c1ccc(F)cc1. The van der Waals surface area contributed by atoms with Crippen molar-refractivity contribution in [3.05, 3.63) is 65.0 Å². The first-order chi connectivity index (χ1) is 15.0. The second-order valence-electron chi connectivity index (χ2n) is 8.49. The van der Waals surface area contributed by atoms with E-state index in [2.05, 4.69) is 19.2 Å². The molecule has 0 atom stereocenters. The third-order valence-electron chi connectivity index (χ3n) is 5.30. The lowest BCUT2D eigenvalue weighted by atomic mass is 9.80. The molecule has 0 bridgehead atoms. The summed E-state index contributed by atoms with van der Waals surface area (Å²) < 4.78 is 52.6. The van der Waals surface area contributed by atoms with Crippen LogP contribution in [-0.4, -0.2) is 28.2 Å². The van der Waals surface area contributed by atoms with Crippen LogP contribution in [0.3, 0.4) is 0 Å². The highest BCUT2D eigenvalue weighted by atomic mass is 32.2.